The number of aryl methyl sites for hydroxylation is 2. The van der Waals surface area contributed by atoms with Crippen molar-refractivity contribution >= 4 is 44.1 Å². The van der Waals surface area contributed by atoms with Gasteiger partial charge in [-0.15, -0.1) is 10.2 Å². The van der Waals surface area contributed by atoms with Crippen LogP contribution in [0.25, 0.3) is 10.9 Å². The molecule has 1 heterocycles. The maximum atomic E-state index is 12.0. The molecule has 3 aromatic rings. The molecule has 0 bridgehead atoms. The van der Waals surface area contributed by atoms with Gasteiger partial charge >= 0.3 is 5.91 Å². The monoisotopic (exact) mass is 446 g/mol. The summed E-state index contributed by atoms with van der Waals surface area (Å²) in [5.74, 6) is -0.531. The summed E-state index contributed by atoms with van der Waals surface area (Å²) in [6.45, 7) is 3.23. The average Bonchev–Trinajstić information content (AvgIpc) is 2.95. The number of H-pyrrole nitrogens is 1. The topological polar surface area (TPSA) is 130 Å². The van der Waals surface area contributed by atoms with Crippen LogP contribution in [0.5, 0.6) is 11.6 Å². The zero-order valence-corrected chi connectivity index (χ0v) is 16.5. The zero-order chi connectivity index (χ0) is 20.4. The number of ether oxygens (including phenoxy) is 1. The van der Waals surface area contributed by atoms with Gasteiger partial charge in [-0.3, -0.25) is 14.9 Å². The Kier molecular flexibility index (Phi) is 5.41. The Morgan fingerprint density at radius 3 is 2.75 bits per heavy atom. The SMILES string of the molecule is Cc1ccc(OCC(=O)N=Nc2c(O)[nH]c3c(C)cc([N+](=O)[O-])cc23)c(Br)c1. The maximum Gasteiger partial charge on any atom is 0.302 e. The Bertz CT molecular complexity index is 1120. The lowest BCUT2D eigenvalue weighted by Gasteiger charge is -2.06. The lowest BCUT2D eigenvalue weighted by Crippen LogP contribution is -2.08. The van der Waals surface area contributed by atoms with Gasteiger partial charge in [-0.2, -0.15) is 0 Å². The summed E-state index contributed by atoms with van der Waals surface area (Å²) in [7, 11) is 0. The van der Waals surface area contributed by atoms with E-state index in [1.54, 1.807) is 13.0 Å². The molecule has 1 amide bonds. The van der Waals surface area contributed by atoms with E-state index < -0.39 is 10.8 Å². The van der Waals surface area contributed by atoms with Gasteiger partial charge in [0.25, 0.3) is 5.69 Å². The fourth-order valence-corrected chi connectivity index (χ4v) is 3.24. The van der Waals surface area contributed by atoms with E-state index in [-0.39, 0.29) is 23.9 Å². The highest BCUT2D eigenvalue weighted by Crippen LogP contribution is 2.39. The summed E-state index contributed by atoms with van der Waals surface area (Å²) < 4.78 is 6.10. The van der Waals surface area contributed by atoms with Crippen molar-refractivity contribution in [2.75, 3.05) is 6.61 Å². The normalized spacial score (nSPS) is 11.2. The number of amides is 1. The lowest BCUT2D eigenvalue weighted by molar-refractivity contribution is -0.384. The van der Waals surface area contributed by atoms with Crippen LogP contribution < -0.4 is 4.74 Å². The number of hydrogen-bond acceptors (Lipinski definition) is 6. The molecule has 3 rings (SSSR count). The van der Waals surface area contributed by atoms with Crippen molar-refractivity contribution < 1.29 is 19.6 Å². The number of halogens is 1. The first-order valence-corrected chi connectivity index (χ1v) is 8.88. The summed E-state index contributed by atoms with van der Waals surface area (Å²) in [6, 6.07) is 8.04. The number of azo groups is 1. The number of carbonyl (C=O) groups is 1. The van der Waals surface area contributed by atoms with Crippen LogP contribution in [0.3, 0.4) is 0 Å². The molecule has 0 saturated heterocycles. The second-order valence-electron chi connectivity index (χ2n) is 6.08. The fraction of sp³-hybridized carbons (Fsp3) is 0.167. The van der Waals surface area contributed by atoms with Crippen LogP contribution in [0.2, 0.25) is 0 Å². The van der Waals surface area contributed by atoms with Gasteiger partial charge in [0, 0.05) is 17.5 Å². The Morgan fingerprint density at radius 2 is 2.07 bits per heavy atom. The van der Waals surface area contributed by atoms with Gasteiger partial charge in [-0.25, -0.2) is 0 Å². The van der Waals surface area contributed by atoms with Gasteiger partial charge in [0.05, 0.1) is 14.9 Å². The van der Waals surface area contributed by atoms with E-state index in [9.17, 15) is 20.0 Å². The molecule has 10 heteroatoms. The first kappa shape index (κ1) is 19.5. The zero-order valence-electron chi connectivity index (χ0n) is 14.9. The molecular weight excluding hydrogens is 432 g/mol. The molecule has 144 valence electrons. The maximum absolute atomic E-state index is 12.0. The van der Waals surface area contributed by atoms with Crippen LogP contribution in [0.1, 0.15) is 11.1 Å². The number of hydrogen-bond donors (Lipinski definition) is 2. The number of rotatable bonds is 5. The Balaban J connectivity index is 1.81. The summed E-state index contributed by atoms with van der Waals surface area (Å²) in [5, 5.41) is 28.7. The minimum atomic E-state index is -0.677. The van der Waals surface area contributed by atoms with Gasteiger partial charge in [-0.05, 0) is 53.0 Å². The predicted molar refractivity (Wildman–Crippen MR) is 105 cm³/mol. The van der Waals surface area contributed by atoms with Crippen molar-refractivity contribution in [3.8, 4) is 11.6 Å². The summed E-state index contributed by atoms with van der Waals surface area (Å²) >= 11 is 3.35. The fourth-order valence-electron chi connectivity index (χ4n) is 2.63. The number of nitro groups is 1. The minimum absolute atomic E-state index is 0.0494. The molecule has 28 heavy (non-hydrogen) atoms. The molecule has 0 aliphatic rings. The standard InChI is InChI=1S/C18H15BrN4O5/c1-9-3-4-14(13(19)5-9)28-8-15(24)21-22-17-12-7-11(23(26)27)6-10(2)16(12)20-18(17)25/h3-7,20,25H,8H2,1-2H3. The molecule has 0 fully saturated rings. The van der Waals surface area contributed by atoms with E-state index in [2.05, 4.69) is 31.1 Å². The number of aromatic hydroxyl groups is 1. The highest BCUT2D eigenvalue weighted by Gasteiger charge is 2.18. The number of nitro benzene ring substituents is 1. The molecule has 2 N–H and O–H groups in total. The van der Waals surface area contributed by atoms with E-state index in [1.807, 2.05) is 19.1 Å². The molecule has 0 aliphatic carbocycles. The third kappa shape index (κ3) is 4.01. The quantitative estimate of drug-likeness (QED) is 0.328. The molecule has 1 aromatic heterocycles. The molecule has 0 radical (unpaired) electrons. The van der Waals surface area contributed by atoms with Crippen LogP contribution >= 0.6 is 15.9 Å². The molecule has 0 spiro atoms. The molecule has 9 nitrogen and oxygen atoms in total. The van der Waals surface area contributed by atoms with E-state index in [1.165, 1.54) is 12.1 Å². The highest BCUT2D eigenvalue weighted by molar-refractivity contribution is 9.10. The van der Waals surface area contributed by atoms with Gasteiger partial charge in [0.1, 0.15) is 5.75 Å². The largest absolute Gasteiger partial charge is 0.493 e. The Labute approximate surface area is 167 Å². The average molecular weight is 447 g/mol. The van der Waals surface area contributed by atoms with Crippen molar-refractivity contribution in [3.05, 3.63) is 56.0 Å². The van der Waals surface area contributed by atoms with Crippen LogP contribution in [0.15, 0.2) is 45.0 Å². The van der Waals surface area contributed by atoms with Gasteiger partial charge < -0.3 is 14.8 Å². The lowest BCUT2D eigenvalue weighted by atomic mass is 10.1. The van der Waals surface area contributed by atoms with Crippen LogP contribution in [-0.2, 0) is 4.79 Å². The van der Waals surface area contributed by atoms with E-state index in [0.717, 1.165) is 5.56 Å². The van der Waals surface area contributed by atoms with Gasteiger partial charge in [-0.1, -0.05) is 6.07 Å². The third-order valence-electron chi connectivity index (χ3n) is 3.95. The first-order chi connectivity index (χ1) is 13.3. The third-order valence-corrected chi connectivity index (χ3v) is 4.57. The molecule has 0 atom stereocenters. The van der Waals surface area contributed by atoms with Crippen LogP contribution in [0.4, 0.5) is 11.4 Å². The predicted octanol–water partition coefficient (Wildman–Crippen LogP) is 4.85. The molecule has 0 unspecified atom stereocenters. The van der Waals surface area contributed by atoms with E-state index in [0.29, 0.717) is 26.7 Å². The number of carbonyl (C=O) groups excluding carboxylic acids is 1. The second-order valence-corrected chi connectivity index (χ2v) is 6.94. The number of non-ortho nitro benzene ring substituents is 1. The summed E-state index contributed by atoms with van der Waals surface area (Å²) in [6.07, 6.45) is 0. The van der Waals surface area contributed by atoms with E-state index in [4.69, 9.17) is 4.74 Å². The first-order valence-electron chi connectivity index (χ1n) is 8.09. The number of benzene rings is 2. The van der Waals surface area contributed by atoms with Crippen molar-refractivity contribution in [1.29, 1.82) is 0 Å². The van der Waals surface area contributed by atoms with Crippen molar-refractivity contribution in [2.45, 2.75) is 13.8 Å². The molecular formula is C18H15BrN4O5. The summed E-state index contributed by atoms with van der Waals surface area (Å²) in [5.41, 5.74) is 1.86. The van der Waals surface area contributed by atoms with Crippen molar-refractivity contribution in [2.24, 2.45) is 10.2 Å². The van der Waals surface area contributed by atoms with E-state index >= 15 is 0 Å². The second kappa shape index (κ2) is 7.77. The van der Waals surface area contributed by atoms with Gasteiger partial charge in [0.2, 0.25) is 5.88 Å². The number of aromatic nitrogens is 1. The molecule has 0 saturated carbocycles. The number of nitrogens with zero attached hydrogens (tertiary/aromatic N) is 3. The Hall–Kier alpha value is -3.27. The van der Waals surface area contributed by atoms with Gasteiger partial charge in [0.15, 0.2) is 12.3 Å². The molecule has 2 aromatic carbocycles. The van der Waals surface area contributed by atoms with Crippen molar-refractivity contribution in [3.63, 3.8) is 0 Å². The number of nitrogens with one attached hydrogen (secondary N) is 1. The summed E-state index contributed by atoms with van der Waals surface area (Å²) in [4.78, 5) is 25.2. The highest BCUT2D eigenvalue weighted by atomic mass is 79.9. The molecule has 0 aliphatic heterocycles. The Morgan fingerprint density at radius 1 is 1.32 bits per heavy atom. The smallest absolute Gasteiger partial charge is 0.302 e. The number of aromatic amines is 1. The van der Waals surface area contributed by atoms with Crippen molar-refractivity contribution in [1.82, 2.24) is 4.98 Å². The van der Waals surface area contributed by atoms with Crippen LogP contribution in [0, 0.1) is 24.0 Å². The minimum Gasteiger partial charge on any atom is -0.493 e. The van der Waals surface area contributed by atoms with Crippen LogP contribution in [-0.4, -0.2) is 27.5 Å². The number of fused-ring (bicyclic) bond motifs is 1.